The normalized spacial score (nSPS) is 14.1. The van der Waals surface area contributed by atoms with Crippen LogP contribution in [0.1, 0.15) is 46.3 Å². The number of thiazole rings is 1. The second-order valence-corrected chi connectivity index (χ2v) is 9.10. The Morgan fingerprint density at radius 2 is 2.00 bits per heavy atom. The number of carbonyl (C=O) groups is 2. The summed E-state index contributed by atoms with van der Waals surface area (Å²) < 4.78 is 18.6. The van der Waals surface area contributed by atoms with E-state index in [-0.39, 0.29) is 5.82 Å². The summed E-state index contributed by atoms with van der Waals surface area (Å²) in [5, 5.41) is 4.91. The van der Waals surface area contributed by atoms with E-state index in [0.29, 0.717) is 22.1 Å². The summed E-state index contributed by atoms with van der Waals surface area (Å²) in [5.74, 6) is -1.18. The molecule has 1 unspecified atom stereocenters. The van der Waals surface area contributed by atoms with E-state index in [9.17, 15) is 14.0 Å². The Kier molecular flexibility index (Phi) is 6.24. The number of ether oxygens (including phenoxy) is 1. The molecule has 0 radical (unpaired) electrons. The highest BCUT2D eigenvalue weighted by molar-refractivity contribution is 7.14. The van der Waals surface area contributed by atoms with Gasteiger partial charge in [-0.2, -0.15) is 0 Å². The van der Waals surface area contributed by atoms with Crippen molar-refractivity contribution in [3.63, 3.8) is 0 Å². The maximum Gasteiger partial charge on any atom is 0.349 e. The number of nitrogens with one attached hydrogen (secondary N) is 1. The fraction of sp³-hybridized carbons (Fsp3) is 0.318. The minimum Gasteiger partial charge on any atom is -0.448 e. The van der Waals surface area contributed by atoms with Crippen molar-refractivity contribution in [3.8, 4) is 11.3 Å². The predicted octanol–water partition coefficient (Wildman–Crippen LogP) is 5.46. The fourth-order valence-corrected chi connectivity index (χ4v) is 5.23. The van der Waals surface area contributed by atoms with Gasteiger partial charge >= 0.3 is 5.97 Å². The van der Waals surface area contributed by atoms with Gasteiger partial charge < -0.3 is 4.74 Å². The van der Waals surface area contributed by atoms with Crippen LogP contribution in [0, 0.1) is 5.82 Å². The van der Waals surface area contributed by atoms with Gasteiger partial charge in [-0.3, -0.25) is 10.1 Å². The molecule has 1 amide bonds. The zero-order valence-corrected chi connectivity index (χ0v) is 18.1. The summed E-state index contributed by atoms with van der Waals surface area (Å²) in [6, 6.07) is 7.90. The number of anilines is 1. The first kappa shape index (κ1) is 20.7. The maximum absolute atomic E-state index is 13.1. The van der Waals surface area contributed by atoms with Crippen LogP contribution in [-0.4, -0.2) is 23.0 Å². The Balaban J connectivity index is 1.40. The number of nitrogens with zero attached hydrogens (tertiary/aromatic N) is 1. The standard InChI is InChI=1S/C22H21FN2O3S2/c1-2-17(28-21(27)19-11-14-5-3-4-6-18(14)30-19)20(26)25-22-24-16(12-29-22)13-7-9-15(23)10-8-13/h7-12,17H,2-6H2,1H3,(H,24,25,26). The number of aromatic nitrogens is 1. The van der Waals surface area contributed by atoms with Gasteiger partial charge in [-0.25, -0.2) is 14.2 Å². The lowest BCUT2D eigenvalue weighted by Gasteiger charge is -2.14. The second-order valence-electron chi connectivity index (χ2n) is 7.10. The smallest absolute Gasteiger partial charge is 0.349 e. The van der Waals surface area contributed by atoms with Crippen LogP contribution in [0.3, 0.4) is 0 Å². The van der Waals surface area contributed by atoms with Gasteiger partial charge in [0.2, 0.25) is 0 Å². The molecule has 2 heterocycles. The molecule has 156 valence electrons. The number of thiophene rings is 1. The third-order valence-corrected chi connectivity index (χ3v) is 6.96. The van der Waals surface area contributed by atoms with Crippen LogP contribution >= 0.6 is 22.7 Å². The highest BCUT2D eigenvalue weighted by Crippen LogP contribution is 2.30. The Bertz CT molecular complexity index is 1040. The summed E-state index contributed by atoms with van der Waals surface area (Å²) in [5.41, 5.74) is 2.63. The largest absolute Gasteiger partial charge is 0.448 e. The van der Waals surface area contributed by atoms with E-state index in [1.807, 2.05) is 6.07 Å². The molecule has 5 nitrogen and oxygen atoms in total. The number of aryl methyl sites for hydroxylation is 2. The van der Waals surface area contributed by atoms with Crippen molar-refractivity contribution in [2.24, 2.45) is 0 Å². The van der Waals surface area contributed by atoms with Crippen molar-refractivity contribution in [1.29, 1.82) is 0 Å². The molecule has 0 aliphatic heterocycles. The van der Waals surface area contributed by atoms with Crippen LogP contribution in [0.2, 0.25) is 0 Å². The molecule has 1 N–H and O–H groups in total. The Labute approximate surface area is 181 Å². The highest BCUT2D eigenvalue weighted by atomic mass is 32.1. The SMILES string of the molecule is CCC(OC(=O)c1cc2c(s1)CCCC2)C(=O)Nc1nc(-c2ccc(F)cc2)cs1. The predicted molar refractivity (Wildman–Crippen MR) is 117 cm³/mol. The number of amides is 1. The molecule has 0 bridgehead atoms. The Morgan fingerprint density at radius 3 is 2.73 bits per heavy atom. The van der Waals surface area contributed by atoms with Gasteiger partial charge in [-0.05, 0) is 68.0 Å². The van der Waals surface area contributed by atoms with Crippen LogP contribution < -0.4 is 5.32 Å². The van der Waals surface area contributed by atoms with Crippen LogP contribution in [0.15, 0.2) is 35.7 Å². The van der Waals surface area contributed by atoms with E-state index in [4.69, 9.17) is 4.74 Å². The molecule has 4 rings (SSSR count). The number of carbonyl (C=O) groups excluding carboxylic acids is 2. The zero-order chi connectivity index (χ0) is 21.1. The molecule has 1 aliphatic carbocycles. The van der Waals surface area contributed by atoms with Gasteiger partial charge in [-0.1, -0.05) is 6.92 Å². The number of benzene rings is 1. The van der Waals surface area contributed by atoms with E-state index < -0.39 is 18.0 Å². The Morgan fingerprint density at radius 1 is 1.23 bits per heavy atom. The number of halogens is 1. The number of fused-ring (bicyclic) bond motifs is 1. The van der Waals surface area contributed by atoms with E-state index in [0.717, 1.165) is 31.2 Å². The maximum atomic E-state index is 13.1. The molecule has 1 atom stereocenters. The van der Waals surface area contributed by atoms with Gasteiger partial charge in [-0.15, -0.1) is 22.7 Å². The average molecular weight is 445 g/mol. The number of rotatable bonds is 6. The van der Waals surface area contributed by atoms with Gasteiger partial charge in [0.15, 0.2) is 11.2 Å². The minimum absolute atomic E-state index is 0.318. The van der Waals surface area contributed by atoms with Crippen LogP contribution in [0.5, 0.6) is 0 Å². The first-order valence-corrected chi connectivity index (χ1v) is 11.6. The highest BCUT2D eigenvalue weighted by Gasteiger charge is 2.25. The average Bonchev–Trinajstić information content (AvgIpc) is 3.39. The molecule has 0 saturated carbocycles. The first-order valence-electron chi connectivity index (χ1n) is 9.88. The number of esters is 1. The molecule has 8 heteroatoms. The third kappa shape index (κ3) is 4.60. The van der Waals surface area contributed by atoms with Gasteiger partial charge in [0.25, 0.3) is 5.91 Å². The molecule has 30 heavy (non-hydrogen) atoms. The van der Waals surface area contributed by atoms with Gasteiger partial charge in [0, 0.05) is 15.8 Å². The lowest BCUT2D eigenvalue weighted by molar-refractivity contribution is -0.124. The lowest BCUT2D eigenvalue weighted by Crippen LogP contribution is -2.31. The van der Waals surface area contributed by atoms with Crippen LogP contribution in [-0.2, 0) is 22.4 Å². The van der Waals surface area contributed by atoms with Crippen LogP contribution in [0.4, 0.5) is 9.52 Å². The number of hydrogen-bond acceptors (Lipinski definition) is 6. The topological polar surface area (TPSA) is 68.3 Å². The summed E-state index contributed by atoms with van der Waals surface area (Å²) in [6.45, 7) is 1.79. The summed E-state index contributed by atoms with van der Waals surface area (Å²) in [4.78, 5) is 31.4. The molecule has 1 aromatic carbocycles. The molecule has 0 fully saturated rings. The lowest BCUT2D eigenvalue weighted by atomic mass is 9.99. The molecular weight excluding hydrogens is 423 g/mol. The molecule has 2 aromatic heterocycles. The van der Waals surface area contributed by atoms with Crippen LogP contribution in [0.25, 0.3) is 11.3 Å². The van der Waals surface area contributed by atoms with E-state index >= 15 is 0 Å². The van der Waals surface area contributed by atoms with Gasteiger partial charge in [0.1, 0.15) is 10.7 Å². The van der Waals surface area contributed by atoms with Crippen molar-refractivity contribution >= 4 is 39.7 Å². The van der Waals surface area contributed by atoms with Gasteiger partial charge in [0.05, 0.1) is 5.69 Å². The van der Waals surface area contributed by atoms with Crippen molar-refractivity contribution in [3.05, 3.63) is 56.8 Å². The molecule has 3 aromatic rings. The quantitative estimate of drug-likeness (QED) is 0.513. The molecule has 1 aliphatic rings. The van der Waals surface area contributed by atoms with Crippen molar-refractivity contribution in [1.82, 2.24) is 4.98 Å². The molecule has 0 spiro atoms. The van der Waals surface area contributed by atoms with E-state index in [1.165, 1.54) is 45.2 Å². The monoisotopic (exact) mass is 444 g/mol. The second kappa shape index (κ2) is 9.06. The summed E-state index contributed by atoms with van der Waals surface area (Å²) >= 11 is 2.73. The zero-order valence-electron chi connectivity index (χ0n) is 16.4. The fourth-order valence-electron chi connectivity index (χ4n) is 3.37. The molecule has 0 saturated heterocycles. The first-order chi connectivity index (χ1) is 14.5. The number of hydrogen-bond donors (Lipinski definition) is 1. The van der Waals surface area contributed by atoms with Crippen molar-refractivity contribution < 1.29 is 18.7 Å². The third-order valence-electron chi connectivity index (χ3n) is 4.98. The van der Waals surface area contributed by atoms with Crippen molar-refractivity contribution in [2.45, 2.75) is 45.1 Å². The Hall–Kier alpha value is -2.58. The summed E-state index contributed by atoms with van der Waals surface area (Å²) in [7, 11) is 0. The minimum atomic E-state index is -0.894. The summed E-state index contributed by atoms with van der Waals surface area (Å²) in [6.07, 6.45) is 3.76. The molecular formula is C22H21FN2O3S2. The van der Waals surface area contributed by atoms with Crippen molar-refractivity contribution in [2.75, 3.05) is 5.32 Å². The van der Waals surface area contributed by atoms with E-state index in [2.05, 4.69) is 10.3 Å². The van der Waals surface area contributed by atoms with E-state index in [1.54, 1.807) is 24.4 Å².